The number of hydrogen-bond donors (Lipinski definition) is 1. The maximum absolute atomic E-state index is 13.0. The van der Waals surface area contributed by atoms with Gasteiger partial charge in [-0.2, -0.15) is 13.2 Å². The van der Waals surface area contributed by atoms with Crippen molar-refractivity contribution in [2.24, 2.45) is 0 Å². The minimum absolute atomic E-state index is 0.0240. The molecule has 1 fully saturated rings. The number of nitrogens with one attached hydrogen (secondary N) is 1. The number of hydrogen-bond acceptors (Lipinski definition) is 8. The van der Waals surface area contributed by atoms with Gasteiger partial charge in [0, 0.05) is 35.0 Å². The summed E-state index contributed by atoms with van der Waals surface area (Å²) >= 11 is 1.90. The third-order valence-corrected chi connectivity index (χ3v) is 7.02. The second-order valence-electron chi connectivity index (χ2n) is 7.59. The Morgan fingerprint density at radius 3 is 2.61 bits per heavy atom. The summed E-state index contributed by atoms with van der Waals surface area (Å²) in [6, 6.07) is 4.41. The quantitative estimate of drug-likeness (QED) is 0.513. The Morgan fingerprint density at radius 1 is 1.21 bits per heavy atom. The Bertz CT molecular complexity index is 1130. The van der Waals surface area contributed by atoms with Crippen LogP contribution in [-0.2, 0) is 10.9 Å². The normalized spacial score (nSPS) is 15.9. The number of benzene rings is 1. The van der Waals surface area contributed by atoms with E-state index in [0.29, 0.717) is 35.9 Å². The Kier molecular flexibility index (Phi) is 6.96. The number of carbonyl (C=O) groups excluding carboxylic acids is 1. The molecule has 1 aliphatic rings. The largest absolute Gasteiger partial charge is 0.490 e. The predicted molar refractivity (Wildman–Crippen MR) is 118 cm³/mol. The second-order valence-corrected chi connectivity index (χ2v) is 9.83. The van der Waals surface area contributed by atoms with Crippen molar-refractivity contribution in [2.75, 3.05) is 13.2 Å². The number of halogens is 3. The number of carbonyl (C=O) groups is 1. The molecule has 33 heavy (non-hydrogen) atoms. The summed E-state index contributed by atoms with van der Waals surface area (Å²) in [6.45, 7) is 4.73. The van der Waals surface area contributed by atoms with Crippen LogP contribution in [0, 0.1) is 6.92 Å². The molecule has 1 aliphatic heterocycles. The molecule has 3 aromatic rings. The van der Waals surface area contributed by atoms with Gasteiger partial charge in [-0.05, 0) is 32.0 Å². The summed E-state index contributed by atoms with van der Waals surface area (Å²) in [5.74, 6) is 0.0681. The van der Waals surface area contributed by atoms with Crippen LogP contribution in [-0.4, -0.2) is 40.4 Å². The predicted octanol–water partition coefficient (Wildman–Crippen LogP) is 5.04. The van der Waals surface area contributed by atoms with E-state index in [0.717, 1.165) is 28.3 Å². The number of ether oxygens (including phenoxy) is 2. The molecule has 0 bridgehead atoms. The van der Waals surface area contributed by atoms with Crippen LogP contribution >= 0.6 is 22.7 Å². The Hall–Kier alpha value is -2.57. The summed E-state index contributed by atoms with van der Waals surface area (Å²) in [5, 5.41) is 9.22. The molecule has 1 atom stereocenters. The average Bonchev–Trinajstić information content (AvgIpc) is 3.44. The summed E-state index contributed by atoms with van der Waals surface area (Å²) in [4.78, 5) is 18.4. The van der Waals surface area contributed by atoms with Crippen LogP contribution in [0.1, 0.15) is 51.1 Å². The number of aryl methyl sites for hydroxylation is 1. The Morgan fingerprint density at radius 2 is 1.97 bits per heavy atom. The molecule has 1 N–H and O–H groups in total. The van der Waals surface area contributed by atoms with Gasteiger partial charge in [-0.3, -0.25) is 4.79 Å². The average molecular weight is 499 g/mol. The third-order valence-electron chi connectivity index (χ3n) is 4.91. The minimum atomic E-state index is -4.57. The zero-order chi connectivity index (χ0) is 23.6. The van der Waals surface area contributed by atoms with Gasteiger partial charge in [-0.25, -0.2) is 4.98 Å². The molecule has 2 aromatic heterocycles. The fraction of sp³-hybridized carbons (Fsp3) is 0.429. The lowest BCUT2D eigenvalue weighted by molar-refractivity contribution is -0.138. The molecule has 7 nitrogen and oxygen atoms in total. The maximum Gasteiger partial charge on any atom is 0.445 e. The first-order valence-electron chi connectivity index (χ1n) is 10.2. The van der Waals surface area contributed by atoms with Gasteiger partial charge < -0.3 is 14.8 Å². The molecule has 1 amide bonds. The molecule has 1 saturated heterocycles. The fourth-order valence-electron chi connectivity index (χ4n) is 3.26. The van der Waals surface area contributed by atoms with E-state index in [2.05, 4.69) is 20.5 Å². The number of thiazole rings is 1. The summed E-state index contributed by atoms with van der Waals surface area (Å²) in [5.41, 5.74) is 1.04. The van der Waals surface area contributed by atoms with Gasteiger partial charge in [0.05, 0.1) is 19.3 Å². The van der Waals surface area contributed by atoms with Crippen LogP contribution in [0.2, 0.25) is 0 Å². The lowest BCUT2D eigenvalue weighted by Crippen LogP contribution is -2.27. The van der Waals surface area contributed by atoms with Crippen molar-refractivity contribution >= 4 is 28.6 Å². The smallest absolute Gasteiger partial charge is 0.445 e. The Labute approximate surface area is 196 Å². The standard InChI is InChI=1S/C21H21F3N4O3S2/c1-11-10-25-19(32-11)14-7-13(8-16(9-14)31-15-3-5-30-6-4-15)17(29)26-12(2)18-27-28-20(33-18)21(22,23)24/h7-10,12,15H,3-6H2,1-2H3,(H,26,29). The topological polar surface area (TPSA) is 86.2 Å². The molecule has 1 unspecified atom stereocenters. The lowest BCUT2D eigenvalue weighted by Gasteiger charge is -2.24. The highest BCUT2D eigenvalue weighted by Gasteiger charge is 2.36. The zero-order valence-corrected chi connectivity index (χ0v) is 19.4. The van der Waals surface area contributed by atoms with Crippen LogP contribution in [0.25, 0.3) is 10.6 Å². The third kappa shape index (κ3) is 5.87. The van der Waals surface area contributed by atoms with E-state index in [-0.39, 0.29) is 11.1 Å². The van der Waals surface area contributed by atoms with E-state index in [1.165, 1.54) is 11.3 Å². The minimum Gasteiger partial charge on any atom is -0.490 e. The van der Waals surface area contributed by atoms with E-state index in [9.17, 15) is 18.0 Å². The van der Waals surface area contributed by atoms with Crippen LogP contribution in [0.15, 0.2) is 24.4 Å². The van der Waals surface area contributed by atoms with Gasteiger partial charge in [0.2, 0.25) is 5.01 Å². The Balaban J connectivity index is 1.57. The molecule has 4 rings (SSSR count). The second kappa shape index (κ2) is 9.74. The van der Waals surface area contributed by atoms with E-state index in [4.69, 9.17) is 9.47 Å². The SMILES string of the molecule is Cc1cnc(-c2cc(OC3CCOCC3)cc(C(=O)NC(C)c3nnc(C(F)(F)F)s3)c2)s1. The van der Waals surface area contributed by atoms with E-state index < -0.39 is 23.1 Å². The van der Waals surface area contributed by atoms with Gasteiger partial charge in [0.15, 0.2) is 0 Å². The number of rotatable bonds is 6. The molecular weight excluding hydrogens is 477 g/mol. The molecule has 0 aliphatic carbocycles. The van der Waals surface area contributed by atoms with E-state index in [1.807, 2.05) is 13.0 Å². The van der Waals surface area contributed by atoms with Crippen molar-refractivity contribution in [3.8, 4) is 16.3 Å². The molecule has 0 saturated carbocycles. The first-order chi connectivity index (χ1) is 15.7. The van der Waals surface area contributed by atoms with Crippen molar-refractivity contribution in [1.29, 1.82) is 0 Å². The first-order valence-corrected chi connectivity index (χ1v) is 11.9. The molecule has 12 heteroatoms. The van der Waals surface area contributed by atoms with Gasteiger partial charge in [0.25, 0.3) is 5.91 Å². The van der Waals surface area contributed by atoms with Crippen molar-refractivity contribution in [3.05, 3.63) is 44.9 Å². The maximum atomic E-state index is 13.0. The van der Waals surface area contributed by atoms with Gasteiger partial charge in [-0.15, -0.1) is 21.5 Å². The highest BCUT2D eigenvalue weighted by Crippen LogP contribution is 2.34. The van der Waals surface area contributed by atoms with Crippen molar-refractivity contribution in [1.82, 2.24) is 20.5 Å². The zero-order valence-electron chi connectivity index (χ0n) is 17.8. The summed E-state index contributed by atoms with van der Waals surface area (Å²) in [7, 11) is 0. The number of nitrogens with zero attached hydrogens (tertiary/aromatic N) is 3. The van der Waals surface area contributed by atoms with E-state index in [1.54, 1.807) is 25.3 Å². The highest BCUT2D eigenvalue weighted by atomic mass is 32.1. The van der Waals surface area contributed by atoms with Crippen LogP contribution in [0.3, 0.4) is 0 Å². The number of alkyl halides is 3. The number of amides is 1. The molecule has 0 radical (unpaired) electrons. The molecule has 1 aromatic carbocycles. The monoisotopic (exact) mass is 498 g/mol. The van der Waals surface area contributed by atoms with Crippen molar-refractivity contribution in [3.63, 3.8) is 0 Å². The molecular formula is C21H21F3N4O3S2. The molecule has 0 spiro atoms. The van der Waals surface area contributed by atoms with Crippen molar-refractivity contribution < 1.29 is 27.4 Å². The summed E-state index contributed by atoms with van der Waals surface area (Å²) in [6.07, 6.45) is -1.35. The molecule has 176 valence electrons. The lowest BCUT2D eigenvalue weighted by atomic mass is 10.1. The summed E-state index contributed by atoms with van der Waals surface area (Å²) < 4.78 is 50.0. The first kappa shape index (κ1) is 23.6. The van der Waals surface area contributed by atoms with Crippen LogP contribution < -0.4 is 10.1 Å². The molecule has 3 heterocycles. The number of aromatic nitrogens is 3. The van der Waals surface area contributed by atoms with Crippen LogP contribution in [0.4, 0.5) is 13.2 Å². The van der Waals surface area contributed by atoms with Gasteiger partial charge in [-0.1, -0.05) is 11.3 Å². The van der Waals surface area contributed by atoms with Crippen LogP contribution in [0.5, 0.6) is 5.75 Å². The highest BCUT2D eigenvalue weighted by molar-refractivity contribution is 7.15. The fourth-order valence-corrected chi connectivity index (χ4v) is 4.73. The van der Waals surface area contributed by atoms with Gasteiger partial charge in [0.1, 0.15) is 21.9 Å². The van der Waals surface area contributed by atoms with E-state index >= 15 is 0 Å². The van der Waals surface area contributed by atoms with Crippen molar-refractivity contribution in [2.45, 2.75) is 45.0 Å². The van der Waals surface area contributed by atoms with Gasteiger partial charge >= 0.3 is 6.18 Å².